The van der Waals surface area contributed by atoms with Gasteiger partial charge in [-0.3, -0.25) is 15.6 Å². The van der Waals surface area contributed by atoms with E-state index >= 15 is 0 Å². The molecule has 24 heavy (non-hydrogen) atoms. The van der Waals surface area contributed by atoms with Gasteiger partial charge in [0.25, 0.3) is 0 Å². The normalized spacial score (nSPS) is 31.9. The molecule has 3 atom stereocenters. The number of hydrogen-bond donors (Lipinski definition) is 3. The van der Waals surface area contributed by atoms with E-state index in [1.165, 1.54) is 12.0 Å². The van der Waals surface area contributed by atoms with Crippen molar-refractivity contribution in [1.29, 1.82) is 0 Å². The SMILES string of the molecule is NC1(C(=O)N2CCCC(C3NNCC3Cc3ccccc3)C2)CC1. The molecule has 1 aromatic rings. The summed E-state index contributed by atoms with van der Waals surface area (Å²) in [5.74, 6) is 1.26. The molecule has 5 nitrogen and oxygen atoms in total. The summed E-state index contributed by atoms with van der Waals surface area (Å²) in [5.41, 5.74) is 13.8. The van der Waals surface area contributed by atoms with E-state index in [0.717, 1.165) is 45.3 Å². The van der Waals surface area contributed by atoms with Crippen LogP contribution in [0.2, 0.25) is 0 Å². The first-order valence-corrected chi connectivity index (χ1v) is 9.26. The molecule has 2 aliphatic heterocycles. The van der Waals surface area contributed by atoms with Gasteiger partial charge in [-0.25, -0.2) is 0 Å². The zero-order valence-electron chi connectivity index (χ0n) is 14.2. The largest absolute Gasteiger partial charge is 0.341 e. The van der Waals surface area contributed by atoms with E-state index in [2.05, 4.69) is 41.2 Å². The highest BCUT2D eigenvalue weighted by atomic mass is 16.2. The van der Waals surface area contributed by atoms with Crippen LogP contribution < -0.4 is 16.6 Å². The number of nitrogens with two attached hydrogens (primary N) is 1. The van der Waals surface area contributed by atoms with Crippen molar-refractivity contribution in [1.82, 2.24) is 15.8 Å². The van der Waals surface area contributed by atoms with Crippen LogP contribution in [0.1, 0.15) is 31.2 Å². The minimum atomic E-state index is -0.535. The van der Waals surface area contributed by atoms with Gasteiger partial charge in [0.1, 0.15) is 0 Å². The van der Waals surface area contributed by atoms with E-state index in [9.17, 15) is 4.79 Å². The summed E-state index contributed by atoms with van der Waals surface area (Å²) < 4.78 is 0. The molecule has 1 amide bonds. The van der Waals surface area contributed by atoms with Crippen LogP contribution in [0.5, 0.6) is 0 Å². The van der Waals surface area contributed by atoms with Crippen molar-refractivity contribution in [3.8, 4) is 0 Å². The number of nitrogens with zero attached hydrogens (tertiary/aromatic N) is 1. The highest BCUT2D eigenvalue weighted by molar-refractivity contribution is 5.89. The molecule has 1 aromatic carbocycles. The summed E-state index contributed by atoms with van der Waals surface area (Å²) in [7, 11) is 0. The number of carbonyl (C=O) groups excluding carboxylic acids is 1. The Balaban J connectivity index is 1.41. The van der Waals surface area contributed by atoms with E-state index in [1.807, 2.05) is 4.90 Å². The molecule has 0 bridgehead atoms. The average Bonchev–Trinajstić information content (AvgIpc) is 3.20. The molecule has 3 fully saturated rings. The molecule has 2 heterocycles. The van der Waals surface area contributed by atoms with E-state index in [-0.39, 0.29) is 5.91 Å². The van der Waals surface area contributed by atoms with Crippen LogP contribution in [0.4, 0.5) is 0 Å². The Hall–Kier alpha value is -1.43. The molecule has 0 radical (unpaired) electrons. The van der Waals surface area contributed by atoms with E-state index < -0.39 is 5.54 Å². The van der Waals surface area contributed by atoms with Gasteiger partial charge in [-0.05, 0) is 49.5 Å². The molecular formula is C19H28N4O. The maximum absolute atomic E-state index is 12.6. The topological polar surface area (TPSA) is 70.4 Å². The van der Waals surface area contributed by atoms with E-state index in [1.54, 1.807) is 0 Å². The van der Waals surface area contributed by atoms with Gasteiger partial charge in [-0.15, -0.1) is 0 Å². The second-order valence-electron chi connectivity index (χ2n) is 7.81. The molecule has 3 aliphatic rings. The van der Waals surface area contributed by atoms with Crippen LogP contribution in [0.3, 0.4) is 0 Å². The van der Waals surface area contributed by atoms with Gasteiger partial charge >= 0.3 is 0 Å². The molecule has 130 valence electrons. The number of hydrogen-bond acceptors (Lipinski definition) is 4. The Labute approximate surface area is 143 Å². The van der Waals surface area contributed by atoms with Crippen LogP contribution in [0.25, 0.3) is 0 Å². The van der Waals surface area contributed by atoms with Crippen molar-refractivity contribution in [2.24, 2.45) is 17.6 Å². The van der Waals surface area contributed by atoms with E-state index in [0.29, 0.717) is 17.9 Å². The molecule has 1 saturated carbocycles. The van der Waals surface area contributed by atoms with E-state index in [4.69, 9.17) is 5.73 Å². The quantitative estimate of drug-likeness (QED) is 0.773. The first kappa shape index (κ1) is 16.1. The number of hydrazine groups is 1. The van der Waals surface area contributed by atoms with Gasteiger partial charge in [0.15, 0.2) is 0 Å². The first-order chi connectivity index (χ1) is 11.7. The second kappa shape index (κ2) is 6.47. The predicted octanol–water partition coefficient (Wildman–Crippen LogP) is 1.05. The third-order valence-electron chi connectivity index (χ3n) is 5.95. The fourth-order valence-corrected chi connectivity index (χ4v) is 4.32. The third-order valence-corrected chi connectivity index (χ3v) is 5.95. The minimum absolute atomic E-state index is 0.178. The number of benzene rings is 1. The Kier molecular flexibility index (Phi) is 4.33. The van der Waals surface area contributed by atoms with Crippen molar-refractivity contribution in [2.75, 3.05) is 19.6 Å². The number of piperidine rings is 1. The number of amides is 1. The lowest BCUT2D eigenvalue weighted by atomic mass is 9.81. The van der Waals surface area contributed by atoms with Crippen molar-refractivity contribution in [3.05, 3.63) is 35.9 Å². The van der Waals surface area contributed by atoms with Gasteiger partial charge in [-0.2, -0.15) is 0 Å². The standard InChI is InChI=1S/C19H28N4O/c20-19(8-9-19)18(24)23-10-4-7-15(13-23)17-16(12-21-22-17)11-14-5-2-1-3-6-14/h1-3,5-6,15-17,21-22H,4,7-13,20H2. The molecule has 4 N–H and O–H groups in total. The average molecular weight is 328 g/mol. The lowest BCUT2D eigenvalue weighted by Crippen LogP contribution is -2.53. The molecule has 3 unspecified atom stereocenters. The first-order valence-electron chi connectivity index (χ1n) is 9.26. The summed E-state index contributed by atoms with van der Waals surface area (Å²) in [6.45, 7) is 2.71. The molecule has 4 rings (SSSR count). The van der Waals surface area contributed by atoms with Crippen LogP contribution in [-0.4, -0.2) is 42.0 Å². The highest BCUT2D eigenvalue weighted by Crippen LogP contribution is 2.36. The number of likely N-dealkylation sites (tertiary alicyclic amines) is 1. The van der Waals surface area contributed by atoms with Crippen LogP contribution >= 0.6 is 0 Å². The van der Waals surface area contributed by atoms with Crippen molar-refractivity contribution in [2.45, 2.75) is 43.7 Å². The monoisotopic (exact) mass is 328 g/mol. The smallest absolute Gasteiger partial charge is 0.242 e. The van der Waals surface area contributed by atoms with Gasteiger partial charge in [-0.1, -0.05) is 30.3 Å². The lowest BCUT2D eigenvalue weighted by molar-refractivity contribution is -0.135. The summed E-state index contributed by atoms with van der Waals surface area (Å²) in [6, 6.07) is 11.1. The molecular weight excluding hydrogens is 300 g/mol. The number of carbonyl (C=O) groups is 1. The van der Waals surface area contributed by atoms with Crippen molar-refractivity contribution >= 4 is 5.91 Å². The van der Waals surface area contributed by atoms with Crippen molar-refractivity contribution < 1.29 is 4.79 Å². The number of rotatable bonds is 4. The molecule has 0 spiro atoms. The van der Waals surface area contributed by atoms with Gasteiger partial charge in [0.2, 0.25) is 5.91 Å². The fraction of sp³-hybridized carbons (Fsp3) is 0.632. The van der Waals surface area contributed by atoms with Crippen LogP contribution in [0.15, 0.2) is 30.3 Å². The summed E-state index contributed by atoms with van der Waals surface area (Å²) in [4.78, 5) is 14.6. The summed E-state index contributed by atoms with van der Waals surface area (Å²) in [6.07, 6.45) is 5.06. The maximum atomic E-state index is 12.6. The van der Waals surface area contributed by atoms with Gasteiger partial charge in [0, 0.05) is 25.7 Å². The Morgan fingerprint density at radius 1 is 1.29 bits per heavy atom. The predicted molar refractivity (Wildman–Crippen MR) is 94.0 cm³/mol. The number of nitrogens with one attached hydrogen (secondary N) is 2. The van der Waals surface area contributed by atoms with Crippen LogP contribution in [0, 0.1) is 11.8 Å². The Bertz CT molecular complexity index is 586. The zero-order valence-corrected chi connectivity index (χ0v) is 14.2. The summed E-state index contributed by atoms with van der Waals surface area (Å²) >= 11 is 0. The molecule has 5 heteroatoms. The second-order valence-corrected chi connectivity index (χ2v) is 7.81. The summed E-state index contributed by atoms with van der Waals surface area (Å²) in [5, 5.41) is 0. The zero-order chi connectivity index (χ0) is 16.6. The Morgan fingerprint density at radius 2 is 2.08 bits per heavy atom. The molecule has 1 aliphatic carbocycles. The fourth-order valence-electron chi connectivity index (χ4n) is 4.32. The van der Waals surface area contributed by atoms with Crippen molar-refractivity contribution in [3.63, 3.8) is 0 Å². The van der Waals surface area contributed by atoms with Crippen LogP contribution in [-0.2, 0) is 11.2 Å². The maximum Gasteiger partial charge on any atom is 0.242 e. The highest BCUT2D eigenvalue weighted by Gasteiger charge is 2.49. The van der Waals surface area contributed by atoms with Gasteiger partial charge < -0.3 is 10.6 Å². The molecule has 0 aromatic heterocycles. The van der Waals surface area contributed by atoms with Gasteiger partial charge in [0.05, 0.1) is 5.54 Å². The third kappa shape index (κ3) is 3.21. The minimum Gasteiger partial charge on any atom is -0.341 e. The lowest BCUT2D eigenvalue weighted by Gasteiger charge is -2.38. The Morgan fingerprint density at radius 3 is 2.83 bits per heavy atom. The molecule has 2 saturated heterocycles.